The van der Waals surface area contributed by atoms with Gasteiger partial charge in [0.2, 0.25) is 17.7 Å². The molecule has 1 aromatic rings. The third kappa shape index (κ3) is 15.6. The van der Waals surface area contributed by atoms with Gasteiger partial charge >= 0.3 is 12.0 Å². The molecular weight excluding hydrogens is 554 g/mol. The normalized spacial score (nSPS) is 12.1. The van der Waals surface area contributed by atoms with Crippen LogP contribution < -0.4 is 27.0 Å². The molecule has 0 unspecified atom stereocenters. The van der Waals surface area contributed by atoms with E-state index < -0.39 is 24.0 Å². The van der Waals surface area contributed by atoms with Crippen LogP contribution >= 0.6 is 11.6 Å². The number of amides is 5. The standard InChI is InChI=1S/C28H42ClN5O7/c1-18(2)26(34-24(37)8-4-5-13-31-25(38)16-29)23(36)15-21(7-6-14-32-28(30)40)27(39)33-22-11-9-20(10-12-22)17-41-19(3)35/h9-12,18,21,26H,4-8,13-17H2,1-3H3,(H,31,38)(H,33,39)(H,34,37)(H3,30,32,40)/t21-,26+/m1/s1. The molecule has 6 N–H and O–H groups in total. The first kappa shape index (κ1) is 35.4. The fourth-order valence-corrected chi connectivity index (χ4v) is 4.01. The molecule has 5 amide bonds. The molecule has 0 aliphatic heterocycles. The number of alkyl halides is 1. The summed E-state index contributed by atoms with van der Waals surface area (Å²) in [7, 11) is 0. The van der Waals surface area contributed by atoms with E-state index in [-0.39, 0.29) is 61.3 Å². The number of carbonyl (C=O) groups is 6. The number of halogens is 1. The highest BCUT2D eigenvalue weighted by molar-refractivity contribution is 6.27. The lowest BCUT2D eigenvalue weighted by molar-refractivity contribution is -0.142. The molecule has 0 radical (unpaired) electrons. The van der Waals surface area contributed by atoms with E-state index in [1.54, 1.807) is 24.3 Å². The zero-order valence-electron chi connectivity index (χ0n) is 23.9. The first-order valence-corrected chi connectivity index (χ1v) is 14.2. The van der Waals surface area contributed by atoms with Crippen molar-refractivity contribution in [3.8, 4) is 0 Å². The van der Waals surface area contributed by atoms with Gasteiger partial charge in [0, 0.05) is 44.5 Å². The van der Waals surface area contributed by atoms with Gasteiger partial charge in [-0.2, -0.15) is 0 Å². The molecule has 41 heavy (non-hydrogen) atoms. The number of ketones is 1. The Hall–Kier alpha value is -3.67. The Morgan fingerprint density at radius 3 is 2.17 bits per heavy atom. The summed E-state index contributed by atoms with van der Waals surface area (Å²) in [5.74, 6) is -2.67. The Bertz CT molecular complexity index is 1030. The molecule has 0 fully saturated rings. The van der Waals surface area contributed by atoms with Gasteiger partial charge in [-0.3, -0.25) is 24.0 Å². The lowest BCUT2D eigenvalue weighted by Gasteiger charge is -2.24. The zero-order valence-corrected chi connectivity index (χ0v) is 24.7. The average Bonchev–Trinajstić information content (AvgIpc) is 2.92. The number of ether oxygens (including phenoxy) is 1. The number of carbonyl (C=O) groups excluding carboxylic acids is 6. The van der Waals surface area contributed by atoms with Crippen LogP contribution in [-0.4, -0.2) is 60.5 Å². The lowest BCUT2D eigenvalue weighted by atomic mass is 9.89. The number of hydrogen-bond donors (Lipinski definition) is 5. The highest BCUT2D eigenvalue weighted by atomic mass is 35.5. The van der Waals surface area contributed by atoms with Crippen molar-refractivity contribution in [1.82, 2.24) is 16.0 Å². The molecule has 12 nitrogen and oxygen atoms in total. The van der Waals surface area contributed by atoms with Crippen LogP contribution in [0.25, 0.3) is 0 Å². The van der Waals surface area contributed by atoms with Gasteiger partial charge in [0.15, 0.2) is 5.78 Å². The van der Waals surface area contributed by atoms with E-state index in [1.807, 2.05) is 13.8 Å². The topological polar surface area (TPSA) is 186 Å². The summed E-state index contributed by atoms with van der Waals surface area (Å²) in [5, 5.41) is 10.7. The molecule has 0 aliphatic carbocycles. The van der Waals surface area contributed by atoms with E-state index in [9.17, 15) is 28.8 Å². The van der Waals surface area contributed by atoms with Gasteiger partial charge in [-0.15, -0.1) is 11.6 Å². The van der Waals surface area contributed by atoms with E-state index in [1.165, 1.54) is 6.92 Å². The van der Waals surface area contributed by atoms with Crippen LogP contribution in [0.4, 0.5) is 10.5 Å². The number of esters is 1. The van der Waals surface area contributed by atoms with Crippen molar-refractivity contribution in [3.05, 3.63) is 29.8 Å². The van der Waals surface area contributed by atoms with Crippen molar-refractivity contribution in [2.45, 2.75) is 71.9 Å². The molecule has 0 spiro atoms. The van der Waals surface area contributed by atoms with E-state index in [0.29, 0.717) is 37.9 Å². The summed E-state index contributed by atoms with van der Waals surface area (Å²) >= 11 is 5.43. The second-order valence-corrected chi connectivity index (χ2v) is 10.3. The third-order valence-corrected chi connectivity index (χ3v) is 6.36. The van der Waals surface area contributed by atoms with Crippen LogP contribution in [0.3, 0.4) is 0 Å². The Morgan fingerprint density at radius 1 is 0.927 bits per heavy atom. The number of nitrogens with one attached hydrogen (secondary N) is 4. The Labute approximate surface area is 245 Å². The number of Topliss-reactive ketones (excluding diaryl/α,β-unsaturated/α-hetero) is 1. The smallest absolute Gasteiger partial charge is 0.312 e. The summed E-state index contributed by atoms with van der Waals surface area (Å²) in [5.41, 5.74) is 6.37. The number of urea groups is 1. The molecule has 2 atom stereocenters. The predicted molar refractivity (Wildman–Crippen MR) is 155 cm³/mol. The van der Waals surface area contributed by atoms with Gasteiger partial charge in [0.25, 0.3) is 0 Å². The Balaban J connectivity index is 2.81. The fraction of sp³-hybridized carbons (Fsp3) is 0.571. The Kier molecular flexibility index (Phi) is 16.7. The van der Waals surface area contributed by atoms with Gasteiger partial charge in [0.1, 0.15) is 12.5 Å². The highest BCUT2D eigenvalue weighted by Gasteiger charge is 2.29. The van der Waals surface area contributed by atoms with E-state index in [2.05, 4.69) is 21.3 Å². The summed E-state index contributed by atoms with van der Waals surface area (Å²) in [6, 6.07) is 5.31. The molecular formula is C28H42ClN5O7. The maximum atomic E-state index is 13.3. The lowest BCUT2D eigenvalue weighted by Crippen LogP contribution is -2.45. The summed E-state index contributed by atoms with van der Waals surface area (Å²) in [4.78, 5) is 72.2. The average molecular weight is 596 g/mol. The maximum absolute atomic E-state index is 13.3. The van der Waals surface area contributed by atoms with Crippen molar-refractivity contribution in [1.29, 1.82) is 0 Å². The molecule has 228 valence electrons. The van der Waals surface area contributed by atoms with Crippen LogP contribution in [0.1, 0.15) is 64.9 Å². The summed E-state index contributed by atoms with van der Waals surface area (Å²) < 4.78 is 4.96. The summed E-state index contributed by atoms with van der Waals surface area (Å²) in [6.07, 6.45) is 1.89. The Morgan fingerprint density at radius 2 is 1.59 bits per heavy atom. The molecule has 13 heteroatoms. The summed E-state index contributed by atoms with van der Waals surface area (Å²) in [6.45, 7) is 5.70. The van der Waals surface area contributed by atoms with Crippen LogP contribution in [0, 0.1) is 11.8 Å². The third-order valence-electron chi connectivity index (χ3n) is 6.11. The number of primary amides is 1. The zero-order chi connectivity index (χ0) is 30.8. The first-order chi connectivity index (χ1) is 19.4. The number of nitrogens with two attached hydrogens (primary N) is 1. The number of anilines is 1. The van der Waals surface area contributed by atoms with Crippen molar-refractivity contribution in [2.24, 2.45) is 17.6 Å². The molecule has 0 saturated heterocycles. The molecule has 0 saturated carbocycles. The van der Waals surface area contributed by atoms with Crippen molar-refractivity contribution < 1.29 is 33.5 Å². The van der Waals surface area contributed by atoms with Crippen LogP contribution in [0.15, 0.2) is 24.3 Å². The molecule has 0 bridgehead atoms. The SMILES string of the molecule is CC(=O)OCc1ccc(NC(=O)[C@H](CCCNC(N)=O)CC(=O)[C@@H](NC(=O)CCCCNC(=O)CCl)C(C)C)cc1. The van der Waals surface area contributed by atoms with Crippen LogP contribution in [-0.2, 0) is 35.3 Å². The van der Waals surface area contributed by atoms with Crippen molar-refractivity contribution in [3.63, 3.8) is 0 Å². The first-order valence-electron chi connectivity index (χ1n) is 13.6. The number of benzene rings is 1. The predicted octanol–water partition coefficient (Wildman–Crippen LogP) is 2.38. The van der Waals surface area contributed by atoms with Crippen LogP contribution in [0.2, 0.25) is 0 Å². The van der Waals surface area contributed by atoms with Crippen molar-refractivity contribution in [2.75, 3.05) is 24.3 Å². The van der Waals surface area contributed by atoms with Gasteiger partial charge < -0.3 is 31.7 Å². The van der Waals surface area contributed by atoms with Crippen molar-refractivity contribution >= 4 is 52.8 Å². The van der Waals surface area contributed by atoms with E-state index in [4.69, 9.17) is 22.1 Å². The van der Waals surface area contributed by atoms with Gasteiger partial charge in [-0.25, -0.2) is 4.79 Å². The molecule has 0 heterocycles. The van der Waals surface area contributed by atoms with Gasteiger partial charge in [-0.1, -0.05) is 26.0 Å². The number of rotatable bonds is 19. The van der Waals surface area contributed by atoms with E-state index >= 15 is 0 Å². The minimum atomic E-state index is -0.780. The van der Waals surface area contributed by atoms with E-state index in [0.717, 1.165) is 5.56 Å². The second-order valence-electron chi connectivity index (χ2n) is 10.00. The molecule has 0 aliphatic rings. The van der Waals surface area contributed by atoms with Crippen LogP contribution in [0.5, 0.6) is 0 Å². The minimum Gasteiger partial charge on any atom is -0.461 e. The molecule has 1 rings (SSSR count). The monoisotopic (exact) mass is 595 g/mol. The van der Waals surface area contributed by atoms with Gasteiger partial charge in [0.05, 0.1) is 6.04 Å². The van der Waals surface area contributed by atoms with Gasteiger partial charge in [-0.05, 0) is 49.3 Å². The fourth-order valence-electron chi connectivity index (χ4n) is 3.92. The second kappa shape index (κ2) is 19.4. The highest BCUT2D eigenvalue weighted by Crippen LogP contribution is 2.19. The molecule has 0 aromatic heterocycles. The maximum Gasteiger partial charge on any atom is 0.312 e. The minimum absolute atomic E-state index is 0.111. The largest absolute Gasteiger partial charge is 0.461 e. The number of unbranched alkanes of at least 4 members (excludes halogenated alkanes) is 1. The quantitative estimate of drug-likeness (QED) is 0.0922. The number of hydrogen-bond acceptors (Lipinski definition) is 7. The molecule has 1 aromatic carbocycles.